The SMILES string of the molecule is CCSc1ccccc1C(=O)OCC(=O)Nc1cccc(C(=O)N(CC)CC)c1. The highest BCUT2D eigenvalue weighted by Crippen LogP contribution is 2.23. The molecule has 0 unspecified atom stereocenters. The molecule has 0 heterocycles. The number of amides is 2. The van der Waals surface area contributed by atoms with E-state index in [2.05, 4.69) is 5.32 Å². The largest absolute Gasteiger partial charge is 0.452 e. The van der Waals surface area contributed by atoms with Crippen LogP contribution >= 0.6 is 11.8 Å². The van der Waals surface area contributed by atoms with Crippen LogP contribution in [0, 0.1) is 0 Å². The summed E-state index contributed by atoms with van der Waals surface area (Å²) in [4.78, 5) is 39.5. The number of hydrogen-bond donors (Lipinski definition) is 1. The van der Waals surface area contributed by atoms with Crippen molar-refractivity contribution in [1.29, 1.82) is 0 Å². The highest BCUT2D eigenvalue weighted by atomic mass is 32.2. The van der Waals surface area contributed by atoms with E-state index in [0.29, 0.717) is 29.9 Å². The number of carbonyl (C=O) groups is 3. The second-order valence-corrected chi connectivity index (χ2v) is 7.42. The molecule has 0 aliphatic heterocycles. The fraction of sp³-hybridized carbons (Fsp3) is 0.318. The molecule has 2 amide bonds. The Morgan fingerprint density at radius 2 is 1.72 bits per heavy atom. The van der Waals surface area contributed by atoms with E-state index in [1.54, 1.807) is 41.3 Å². The minimum absolute atomic E-state index is 0.0949. The fourth-order valence-corrected chi connectivity index (χ4v) is 3.54. The molecule has 0 spiro atoms. The molecule has 0 bridgehead atoms. The van der Waals surface area contributed by atoms with Crippen LogP contribution in [0.25, 0.3) is 0 Å². The van der Waals surface area contributed by atoms with E-state index in [1.807, 2.05) is 32.9 Å². The van der Waals surface area contributed by atoms with Gasteiger partial charge >= 0.3 is 5.97 Å². The standard InChI is InChI=1S/C22H26N2O4S/c1-4-24(5-2)21(26)16-10-9-11-17(14-16)23-20(25)15-28-22(27)18-12-7-8-13-19(18)29-6-3/h7-14H,4-6,15H2,1-3H3,(H,23,25). The number of nitrogens with zero attached hydrogens (tertiary/aromatic N) is 1. The Labute approximate surface area is 175 Å². The predicted octanol–water partition coefficient (Wildman–Crippen LogP) is 4.08. The minimum atomic E-state index is -0.540. The quantitative estimate of drug-likeness (QED) is 0.494. The molecule has 0 fully saturated rings. The van der Waals surface area contributed by atoms with Crippen molar-refractivity contribution in [2.24, 2.45) is 0 Å². The molecule has 29 heavy (non-hydrogen) atoms. The van der Waals surface area contributed by atoms with Crippen molar-refractivity contribution in [2.45, 2.75) is 25.7 Å². The molecule has 0 saturated carbocycles. The van der Waals surface area contributed by atoms with Gasteiger partial charge in [-0.2, -0.15) is 0 Å². The molecule has 2 rings (SSSR count). The summed E-state index contributed by atoms with van der Waals surface area (Å²) in [5.41, 5.74) is 1.42. The summed E-state index contributed by atoms with van der Waals surface area (Å²) in [5, 5.41) is 2.67. The number of benzene rings is 2. The van der Waals surface area contributed by atoms with Gasteiger partial charge in [-0.1, -0.05) is 25.1 Å². The molecule has 0 saturated heterocycles. The Morgan fingerprint density at radius 3 is 2.41 bits per heavy atom. The van der Waals surface area contributed by atoms with Crippen LogP contribution in [0.2, 0.25) is 0 Å². The molecule has 154 valence electrons. The molecular formula is C22H26N2O4S. The van der Waals surface area contributed by atoms with Gasteiger partial charge in [-0.05, 0) is 49.9 Å². The Balaban J connectivity index is 1.97. The number of rotatable bonds is 9. The normalized spacial score (nSPS) is 10.3. The third-order valence-electron chi connectivity index (χ3n) is 4.19. The summed E-state index contributed by atoms with van der Waals surface area (Å²) in [6.45, 7) is 6.65. The van der Waals surface area contributed by atoms with Crippen molar-refractivity contribution < 1.29 is 19.1 Å². The first kappa shape index (κ1) is 22.5. The number of carbonyl (C=O) groups excluding carboxylic acids is 3. The summed E-state index contributed by atoms with van der Waals surface area (Å²) < 4.78 is 5.16. The van der Waals surface area contributed by atoms with E-state index in [9.17, 15) is 14.4 Å². The number of thioether (sulfide) groups is 1. The smallest absolute Gasteiger partial charge is 0.339 e. The second kappa shape index (κ2) is 11.3. The van der Waals surface area contributed by atoms with Crippen LogP contribution in [0.15, 0.2) is 53.4 Å². The summed E-state index contributed by atoms with van der Waals surface area (Å²) in [6.07, 6.45) is 0. The van der Waals surface area contributed by atoms with Gasteiger partial charge in [-0.25, -0.2) is 4.79 Å². The van der Waals surface area contributed by atoms with Crippen LogP contribution in [-0.2, 0) is 9.53 Å². The van der Waals surface area contributed by atoms with Gasteiger partial charge in [-0.3, -0.25) is 9.59 Å². The maximum atomic E-state index is 12.4. The third kappa shape index (κ3) is 6.35. The van der Waals surface area contributed by atoms with Crippen molar-refractivity contribution in [3.8, 4) is 0 Å². The van der Waals surface area contributed by atoms with E-state index < -0.39 is 18.5 Å². The lowest BCUT2D eigenvalue weighted by molar-refractivity contribution is -0.119. The molecular weight excluding hydrogens is 388 g/mol. The molecule has 0 aliphatic rings. The number of hydrogen-bond acceptors (Lipinski definition) is 5. The van der Waals surface area contributed by atoms with Crippen LogP contribution in [-0.4, -0.2) is 48.1 Å². The van der Waals surface area contributed by atoms with Gasteiger partial charge in [0.25, 0.3) is 11.8 Å². The summed E-state index contributed by atoms with van der Waals surface area (Å²) >= 11 is 1.54. The van der Waals surface area contributed by atoms with Gasteiger partial charge in [0.05, 0.1) is 5.56 Å². The highest BCUT2D eigenvalue weighted by Gasteiger charge is 2.16. The Hall–Kier alpha value is -2.80. The Morgan fingerprint density at radius 1 is 1.00 bits per heavy atom. The third-order valence-corrected chi connectivity index (χ3v) is 5.14. The number of nitrogens with one attached hydrogen (secondary N) is 1. The lowest BCUT2D eigenvalue weighted by Gasteiger charge is -2.19. The average Bonchev–Trinajstić information content (AvgIpc) is 2.73. The molecule has 0 aliphatic carbocycles. The summed E-state index contributed by atoms with van der Waals surface area (Å²) in [7, 11) is 0. The molecule has 0 radical (unpaired) electrons. The topological polar surface area (TPSA) is 75.7 Å². The number of anilines is 1. The van der Waals surface area contributed by atoms with Gasteiger partial charge in [-0.15, -0.1) is 11.8 Å². The first-order valence-corrected chi connectivity index (χ1v) is 10.6. The Bertz CT molecular complexity index is 865. The van der Waals surface area contributed by atoms with Crippen LogP contribution in [0.3, 0.4) is 0 Å². The van der Waals surface area contributed by atoms with Crippen molar-refractivity contribution in [2.75, 3.05) is 30.8 Å². The molecule has 2 aromatic carbocycles. The van der Waals surface area contributed by atoms with Crippen molar-refractivity contribution in [1.82, 2.24) is 4.90 Å². The van der Waals surface area contributed by atoms with Crippen molar-refractivity contribution >= 4 is 35.2 Å². The van der Waals surface area contributed by atoms with Gasteiger partial charge in [0.1, 0.15) is 0 Å². The maximum Gasteiger partial charge on any atom is 0.339 e. The van der Waals surface area contributed by atoms with Crippen LogP contribution in [0.5, 0.6) is 0 Å². The zero-order valence-corrected chi connectivity index (χ0v) is 17.8. The zero-order chi connectivity index (χ0) is 21.2. The molecule has 7 heteroatoms. The molecule has 2 aromatic rings. The lowest BCUT2D eigenvalue weighted by Crippen LogP contribution is -2.30. The molecule has 1 N–H and O–H groups in total. The van der Waals surface area contributed by atoms with E-state index in [0.717, 1.165) is 10.6 Å². The molecule has 0 atom stereocenters. The Kier molecular flexibility index (Phi) is 8.73. The van der Waals surface area contributed by atoms with Gasteiger partial charge in [0.2, 0.25) is 0 Å². The first-order valence-electron chi connectivity index (χ1n) is 9.58. The predicted molar refractivity (Wildman–Crippen MR) is 115 cm³/mol. The monoisotopic (exact) mass is 414 g/mol. The van der Waals surface area contributed by atoms with Gasteiger partial charge in [0.15, 0.2) is 6.61 Å². The maximum absolute atomic E-state index is 12.4. The number of ether oxygens (including phenoxy) is 1. The fourth-order valence-electron chi connectivity index (χ4n) is 2.75. The first-order chi connectivity index (χ1) is 14.0. The zero-order valence-electron chi connectivity index (χ0n) is 16.9. The van der Waals surface area contributed by atoms with E-state index in [-0.39, 0.29) is 5.91 Å². The minimum Gasteiger partial charge on any atom is -0.452 e. The van der Waals surface area contributed by atoms with Crippen molar-refractivity contribution in [3.63, 3.8) is 0 Å². The van der Waals surface area contributed by atoms with Crippen LogP contribution < -0.4 is 5.32 Å². The van der Waals surface area contributed by atoms with Crippen molar-refractivity contribution in [3.05, 3.63) is 59.7 Å². The van der Waals surface area contributed by atoms with E-state index in [1.165, 1.54) is 11.8 Å². The summed E-state index contributed by atoms with van der Waals surface area (Å²) in [5.74, 6) is -0.274. The summed E-state index contributed by atoms with van der Waals surface area (Å²) in [6, 6.07) is 13.9. The second-order valence-electron chi connectivity index (χ2n) is 6.11. The lowest BCUT2D eigenvalue weighted by atomic mass is 10.1. The van der Waals surface area contributed by atoms with E-state index in [4.69, 9.17) is 4.74 Å². The average molecular weight is 415 g/mol. The number of esters is 1. The van der Waals surface area contributed by atoms with Crippen LogP contribution in [0.4, 0.5) is 5.69 Å². The molecule has 6 nitrogen and oxygen atoms in total. The van der Waals surface area contributed by atoms with Crippen LogP contribution in [0.1, 0.15) is 41.5 Å². The van der Waals surface area contributed by atoms with Gasteiger partial charge in [0, 0.05) is 29.2 Å². The van der Waals surface area contributed by atoms with E-state index >= 15 is 0 Å². The highest BCUT2D eigenvalue weighted by molar-refractivity contribution is 7.99. The van der Waals surface area contributed by atoms with Gasteiger partial charge < -0.3 is 15.0 Å². The molecule has 0 aromatic heterocycles.